The fraction of sp³-hybridized carbons (Fsp3) is 0.474. The molecule has 1 aliphatic heterocycles. The van der Waals surface area contributed by atoms with Crippen LogP contribution in [-0.2, 0) is 6.54 Å². The summed E-state index contributed by atoms with van der Waals surface area (Å²) in [5.41, 5.74) is 1.04. The molecule has 3 rings (SSSR count). The van der Waals surface area contributed by atoms with Crippen LogP contribution in [0.1, 0.15) is 18.4 Å². The number of aromatic nitrogens is 2. The first-order valence-electron chi connectivity index (χ1n) is 9.13. The molecule has 1 aromatic carbocycles. The maximum absolute atomic E-state index is 11.9. The minimum Gasteiger partial charge on any atom is -0.351 e. The average Bonchev–Trinajstić information content (AvgIpc) is 2.68. The largest absolute Gasteiger partial charge is 0.353 e. The van der Waals surface area contributed by atoms with E-state index in [-0.39, 0.29) is 16.7 Å². The van der Waals surface area contributed by atoms with E-state index in [9.17, 15) is 10.1 Å². The molecule has 1 aromatic heterocycles. The van der Waals surface area contributed by atoms with Gasteiger partial charge >= 0.3 is 5.69 Å². The Morgan fingerprint density at radius 3 is 2.41 bits per heavy atom. The summed E-state index contributed by atoms with van der Waals surface area (Å²) in [6.45, 7) is 2.50. The number of anilines is 2. The van der Waals surface area contributed by atoms with Gasteiger partial charge < -0.3 is 14.7 Å². The fourth-order valence-electron chi connectivity index (χ4n) is 3.55. The Morgan fingerprint density at radius 2 is 1.78 bits per heavy atom. The Balaban J connectivity index is 1.89. The highest BCUT2D eigenvalue weighted by atomic mass is 16.6. The first-order chi connectivity index (χ1) is 13.0. The van der Waals surface area contributed by atoms with Crippen molar-refractivity contribution in [2.45, 2.75) is 25.4 Å². The third-order valence-corrected chi connectivity index (χ3v) is 5.16. The van der Waals surface area contributed by atoms with Gasteiger partial charge in [0.15, 0.2) is 0 Å². The zero-order valence-electron chi connectivity index (χ0n) is 16.1. The summed E-state index contributed by atoms with van der Waals surface area (Å²) in [5, 5.41) is 11.9. The average molecular weight is 370 g/mol. The van der Waals surface area contributed by atoms with Gasteiger partial charge in [0.1, 0.15) is 6.33 Å². The van der Waals surface area contributed by atoms with Crippen molar-refractivity contribution in [3.05, 3.63) is 52.3 Å². The summed E-state index contributed by atoms with van der Waals surface area (Å²) in [4.78, 5) is 26.1. The molecule has 1 aliphatic rings. The van der Waals surface area contributed by atoms with Crippen LogP contribution < -0.4 is 9.80 Å². The van der Waals surface area contributed by atoms with Gasteiger partial charge in [-0.1, -0.05) is 30.3 Å². The Morgan fingerprint density at radius 1 is 1.15 bits per heavy atom. The maximum atomic E-state index is 11.9. The van der Waals surface area contributed by atoms with Crippen molar-refractivity contribution in [3.8, 4) is 0 Å². The molecule has 8 heteroatoms. The van der Waals surface area contributed by atoms with Crippen molar-refractivity contribution >= 4 is 17.3 Å². The summed E-state index contributed by atoms with van der Waals surface area (Å²) in [5.74, 6) is 0.730. The lowest BCUT2D eigenvalue weighted by Gasteiger charge is -2.35. The summed E-state index contributed by atoms with van der Waals surface area (Å²) >= 11 is 0. The summed E-state index contributed by atoms with van der Waals surface area (Å²) in [6, 6.07) is 10.1. The van der Waals surface area contributed by atoms with Gasteiger partial charge in [-0.15, -0.1) is 0 Å². The number of benzene rings is 1. The van der Waals surface area contributed by atoms with Crippen LogP contribution in [0.3, 0.4) is 0 Å². The van der Waals surface area contributed by atoms with E-state index in [4.69, 9.17) is 0 Å². The molecule has 2 aromatic rings. The van der Waals surface area contributed by atoms with E-state index in [1.165, 1.54) is 6.33 Å². The van der Waals surface area contributed by atoms with E-state index < -0.39 is 0 Å². The fourth-order valence-corrected chi connectivity index (χ4v) is 3.55. The minimum atomic E-state index is -0.363. The van der Waals surface area contributed by atoms with Crippen LogP contribution in [0.2, 0.25) is 0 Å². The Kier molecular flexibility index (Phi) is 5.85. The number of nitrogens with zero attached hydrogens (tertiary/aromatic N) is 6. The summed E-state index contributed by atoms with van der Waals surface area (Å²) in [6.07, 6.45) is 3.34. The predicted molar refractivity (Wildman–Crippen MR) is 106 cm³/mol. The van der Waals surface area contributed by atoms with Gasteiger partial charge in [0, 0.05) is 26.7 Å². The van der Waals surface area contributed by atoms with Crippen molar-refractivity contribution in [1.82, 2.24) is 14.9 Å². The Labute approximate surface area is 159 Å². The molecule has 0 saturated carbocycles. The van der Waals surface area contributed by atoms with E-state index in [0.29, 0.717) is 18.2 Å². The molecule has 1 fully saturated rings. The monoisotopic (exact) mass is 370 g/mol. The third kappa shape index (κ3) is 4.33. The smallest absolute Gasteiger partial charge is 0.351 e. The van der Waals surface area contributed by atoms with Gasteiger partial charge in [-0.05, 0) is 38.5 Å². The predicted octanol–water partition coefficient (Wildman–Crippen LogP) is 2.55. The molecule has 2 heterocycles. The first-order valence-corrected chi connectivity index (χ1v) is 9.13. The lowest BCUT2D eigenvalue weighted by Crippen LogP contribution is -2.42. The van der Waals surface area contributed by atoms with Crippen molar-refractivity contribution in [3.63, 3.8) is 0 Å². The van der Waals surface area contributed by atoms with Crippen molar-refractivity contribution < 1.29 is 4.92 Å². The van der Waals surface area contributed by atoms with Crippen LogP contribution >= 0.6 is 0 Å². The highest BCUT2D eigenvalue weighted by Gasteiger charge is 2.31. The molecule has 27 heavy (non-hydrogen) atoms. The molecule has 0 N–H and O–H groups in total. The lowest BCUT2D eigenvalue weighted by atomic mass is 10.0. The zero-order valence-corrected chi connectivity index (χ0v) is 16.1. The normalized spacial score (nSPS) is 15.5. The molecule has 0 radical (unpaired) electrons. The molecule has 144 valence electrons. The summed E-state index contributed by atoms with van der Waals surface area (Å²) in [7, 11) is 5.81. The Bertz CT molecular complexity index is 777. The second kappa shape index (κ2) is 8.30. The maximum Gasteiger partial charge on any atom is 0.353 e. The van der Waals surface area contributed by atoms with Gasteiger partial charge in [0.05, 0.1) is 4.92 Å². The molecule has 0 amide bonds. The standard InChI is InChI=1S/C19H26N6O2/c1-22-11-9-16(10-12-22)24(3)19-17(25(26)27)18(20-14-21-19)23(2)13-15-7-5-4-6-8-15/h4-8,14,16H,9-13H2,1-3H3. The molecular formula is C19H26N6O2. The van der Waals surface area contributed by atoms with Gasteiger partial charge in [-0.25, -0.2) is 9.97 Å². The van der Waals surface area contributed by atoms with Crippen LogP contribution in [0, 0.1) is 10.1 Å². The SMILES string of the molecule is CN1CCC(N(C)c2ncnc(N(C)Cc3ccccc3)c2[N+](=O)[O-])CC1. The number of hydrogen-bond donors (Lipinski definition) is 0. The molecule has 0 unspecified atom stereocenters. The number of nitro groups is 1. The van der Waals surface area contributed by atoms with E-state index in [0.717, 1.165) is 31.5 Å². The van der Waals surface area contributed by atoms with Crippen molar-refractivity contribution in [1.29, 1.82) is 0 Å². The molecule has 8 nitrogen and oxygen atoms in total. The van der Waals surface area contributed by atoms with Crippen LogP contribution in [0.15, 0.2) is 36.7 Å². The van der Waals surface area contributed by atoms with Crippen LogP contribution in [0.4, 0.5) is 17.3 Å². The number of piperidine rings is 1. The summed E-state index contributed by atoms with van der Waals surface area (Å²) < 4.78 is 0. The molecule has 0 bridgehead atoms. The number of likely N-dealkylation sites (tertiary alicyclic amines) is 1. The second-order valence-electron chi connectivity index (χ2n) is 7.11. The Hall–Kier alpha value is -2.74. The highest BCUT2D eigenvalue weighted by molar-refractivity contribution is 5.71. The zero-order chi connectivity index (χ0) is 19.4. The molecule has 0 aliphatic carbocycles. The van der Waals surface area contributed by atoms with Gasteiger partial charge in [-0.3, -0.25) is 10.1 Å². The van der Waals surface area contributed by atoms with E-state index in [2.05, 4.69) is 21.9 Å². The van der Waals surface area contributed by atoms with Gasteiger partial charge in [0.25, 0.3) is 0 Å². The number of hydrogen-bond acceptors (Lipinski definition) is 7. The highest BCUT2D eigenvalue weighted by Crippen LogP contribution is 2.35. The topological polar surface area (TPSA) is 78.6 Å². The van der Waals surface area contributed by atoms with Gasteiger partial charge in [0.2, 0.25) is 11.6 Å². The third-order valence-electron chi connectivity index (χ3n) is 5.16. The van der Waals surface area contributed by atoms with Crippen LogP contribution in [-0.4, -0.2) is 60.1 Å². The lowest BCUT2D eigenvalue weighted by molar-refractivity contribution is -0.383. The number of rotatable bonds is 6. The molecule has 0 atom stereocenters. The molecular weight excluding hydrogens is 344 g/mol. The minimum absolute atomic E-state index is 0.0302. The first kappa shape index (κ1) is 19.0. The van der Waals surface area contributed by atoms with Crippen LogP contribution in [0.25, 0.3) is 0 Å². The quantitative estimate of drug-likeness (QED) is 0.571. The van der Waals surface area contributed by atoms with E-state index in [1.807, 2.05) is 49.3 Å². The molecule has 1 saturated heterocycles. The van der Waals surface area contributed by atoms with E-state index in [1.54, 1.807) is 4.90 Å². The second-order valence-corrected chi connectivity index (χ2v) is 7.11. The molecule has 0 spiro atoms. The van der Waals surface area contributed by atoms with Crippen LogP contribution in [0.5, 0.6) is 0 Å². The van der Waals surface area contributed by atoms with Crippen molar-refractivity contribution in [2.75, 3.05) is 44.0 Å². The van der Waals surface area contributed by atoms with Crippen molar-refractivity contribution in [2.24, 2.45) is 0 Å². The van der Waals surface area contributed by atoms with E-state index >= 15 is 0 Å². The van der Waals surface area contributed by atoms with Gasteiger partial charge in [-0.2, -0.15) is 0 Å².